The van der Waals surface area contributed by atoms with E-state index in [4.69, 9.17) is 34.2 Å². The molecule has 4 fully saturated rings. The van der Waals surface area contributed by atoms with Crippen molar-refractivity contribution in [3.63, 3.8) is 0 Å². The van der Waals surface area contributed by atoms with E-state index in [-0.39, 0.29) is 77.2 Å². The van der Waals surface area contributed by atoms with Crippen LogP contribution in [0.2, 0.25) is 0 Å². The second-order valence-corrected chi connectivity index (χ2v) is 21.9. The lowest BCUT2D eigenvalue weighted by molar-refractivity contribution is -0.122. The molecule has 0 spiro atoms. The molecule has 0 radical (unpaired) electrons. The zero-order valence-electron chi connectivity index (χ0n) is 45.0. The van der Waals surface area contributed by atoms with Crippen molar-refractivity contribution in [2.45, 2.75) is 112 Å². The van der Waals surface area contributed by atoms with Crippen molar-refractivity contribution < 1.29 is 62.0 Å². The summed E-state index contributed by atoms with van der Waals surface area (Å²) in [5.74, 6) is 0.752. The number of rotatable bonds is 43. The fourth-order valence-corrected chi connectivity index (χ4v) is 12.2. The Labute approximate surface area is 462 Å². The van der Waals surface area contributed by atoms with E-state index in [1.54, 1.807) is 7.05 Å². The van der Waals surface area contributed by atoms with Crippen LogP contribution in [0.5, 0.6) is 0 Å². The first-order valence-corrected chi connectivity index (χ1v) is 29.7. The molecule has 25 heteroatoms. The molecule has 4 heterocycles. The second kappa shape index (κ2) is 37.4. The van der Waals surface area contributed by atoms with Gasteiger partial charge in [-0.1, -0.05) is 12.8 Å². The molecule has 5 rings (SSSR count). The smallest absolute Gasteiger partial charge is 0.315 e. The standard InChI is InChI=1S/C52H86N10O13S2/c1-62(19-14-53)50(67)39-33-37(48(65)56-17-8-22-72-26-30-74-28-24-70-20-6-15-54-44(63)12-4-2-10-42-46-40(35-76-42)58-51(68)60-46)32-38(34-39)49(66)57-18-9-23-73-27-31-75-29-25-71-21-7-16-55-45(64)13-5-3-11-43-47-41(36-77-43)59-52(69)61-47/h32-34,40-43,46-47H,2-31,35-36,53H2,1H3,(H,54,63)(H,55,64)(H,56,65)(H,57,66)(H2,58,60,68)(H2,59,61,69). The SMILES string of the molecule is CN(CCN)C(=O)c1cc(C(=O)NCCCOCCOCCOCCCNC(=O)CCCCC2SCC3NC(=O)NC32)cc(C(=O)NCCCOCCOCCOCCCNC(=O)CCCCC2SCC3NC(=O)NC32)c1. The summed E-state index contributed by atoms with van der Waals surface area (Å²) in [6, 6.07) is 5.10. The maximum atomic E-state index is 13.2. The number of amides is 9. The molecule has 4 aliphatic rings. The lowest BCUT2D eigenvalue weighted by Gasteiger charge is -2.17. The van der Waals surface area contributed by atoms with Crippen LogP contribution in [0.1, 0.15) is 108 Å². The first kappa shape index (κ1) is 63.4. The predicted molar refractivity (Wildman–Crippen MR) is 294 cm³/mol. The monoisotopic (exact) mass is 1120 g/mol. The minimum absolute atomic E-state index is 0.0452. The van der Waals surface area contributed by atoms with Gasteiger partial charge in [-0.3, -0.25) is 24.0 Å². The molecule has 0 aromatic heterocycles. The predicted octanol–water partition coefficient (Wildman–Crippen LogP) is 1.52. The Bertz CT molecular complexity index is 1860. The number of nitrogens with zero attached hydrogens (tertiary/aromatic N) is 1. The quantitative estimate of drug-likeness (QED) is 0.0331. The zero-order valence-corrected chi connectivity index (χ0v) is 46.6. The van der Waals surface area contributed by atoms with E-state index < -0.39 is 11.8 Å². The molecule has 6 unspecified atom stereocenters. The van der Waals surface area contributed by atoms with Crippen LogP contribution in [0.3, 0.4) is 0 Å². The van der Waals surface area contributed by atoms with E-state index in [0.717, 1.165) is 50.0 Å². The third kappa shape index (κ3) is 24.6. The Kier molecular flexibility index (Phi) is 30.8. The number of nitrogens with two attached hydrogens (primary N) is 1. The van der Waals surface area contributed by atoms with Crippen LogP contribution in [-0.4, -0.2) is 218 Å². The number of hydrogen-bond donors (Lipinski definition) is 9. The topological polar surface area (TPSA) is 300 Å². The minimum atomic E-state index is -0.428. The highest BCUT2D eigenvalue weighted by Crippen LogP contribution is 2.34. The van der Waals surface area contributed by atoms with Gasteiger partial charge in [0.15, 0.2) is 0 Å². The Morgan fingerprint density at radius 3 is 1.27 bits per heavy atom. The van der Waals surface area contributed by atoms with Gasteiger partial charge in [0.05, 0.1) is 77.0 Å². The molecule has 0 bridgehead atoms. The molecular weight excluding hydrogens is 1040 g/mol. The Morgan fingerprint density at radius 1 is 0.519 bits per heavy atom. The highest BCUT2D eigenvalue weighted by Gasteiger charge is 2.43. The fraction of sp³-hybridized carbons (Fsp3) is 0.750. The summed E-state index contributed by atoms with van der Waals surface area (Å²) in [5.41, 5.74) is 6.22. The molecule has 23 nitrogen and oxygen atoms in total. The maximum absolute atomic E-state index is 13.2. The highest BCUT2D eigenvalue weighted by molar-refractivity contribution is 8.00. The molecule has 1 aromatic carbocycles. The molecule has 434 valence electrons. The van der Waals surface area contributed by atoms with Crippen molar-refractivity contribution in [3.8, 4) is 0 Å². The largest absolute Gasteiger partial charge is 0.379 e. The first-order chi connectivity index (χ1) is 37.5. The van der Waals surface area contributed by atoms with E-state index in [1.807, 2.05) is 23.5 Å². The van der Waals surface area contributed by atoms with Crippen LogP contribution >= 0.6 is 23.5 Å². The molecule has 6 atom stereocenters. The molecule has 9 amide bonds. The number of carbonyl (C=O) groups is 7. The van der Waals surface area contributed by atoms with Crippen LogP contribution < -0.4 is 48.3 Å². The van der Waals surface area contributed by atoms with E-state index in [1.165, 1.54) is 23.1 Å². The minimum Gasteiger partial charge on any atom is -0.379 e. The zero-order chi connectivity index (χ0) is 54.9. The summed E-state index contributed by atoms with van der Waals surface area (Å²) in [5, 5.41) is 24.3. The van der Waals surface area contributed by atoms with E-state index in [2.05, 4.69) is 42.5 Å². The van der Waals surface area contributed by atoms with Gasteiger partial charge in [0.2, 0.25) is 11.8 Å². The molecule has 4 aliphatic heterocycles. The number of ether oxygens (including phenoxy) is 6. The van der Waals surface area contributed by atoms with E-state index in [9.17, 15) is 33.6 Å². The molecule has 10 N–H and O–H groups in total. The summed E-state index contributed by atoms with van der Waals surface area (Å²) in [6.45, 7) is 7.34. The van der Waals surface area contributed by atoms with Crippen molar-refractivity contribution in [2.24, 2.45) is 5.73 Å². The number of hydrogen-bond acceptors (Lipinski definition) is 16. The van der Waals surface area contributed by atoms with E-state index in [0.29, 0.717) is 161 Å². The molecule has 77 heavy (non-hydrogen) atoms. The molecule has 0 aliphatic carbocycles. The summed E-state index contributed by atoms with van der Waals surface area (Å²) in [4.78, 5) is 88.5. The number of fused-ring (bicyclic) bond motifs is 2. The number of urea groups is 2. The van der Waals surface area contributed by atoms with Crippen LogP contribution in [0.25, 0.3) is 0 Å². The summed E-state index contributed by atoms with van der Waals surface area (Å²) >= 11 is 3.78. The molecule has 0 saturated carbocycles. The number of unbranched alkanes of at least 4 members (excludes halogenated alkanes) is 2. The molecule has 1 aromatic rings. The Morgan fingerprint density at radius 2 is 0.883 bits per heavy atom. The Balaban J connectivity index is 0.804. The number of benzene rings is 1. The number of thioether (sulfide) groups is 2. The first-order valence-electron chi connectivity index (χ1n) is 27.6. The number of nitrogens with one attached hydrogen (secondary N) is 8. The third-order valence-electron chi connectivity index (χ3n) is 13.2. The van der Waals surface area contributed by atoms with Gasteiger partial charge in [0, 0.05) is 124 Å². The van der Waals surface area contributed by atoms with Gasteiger partial charge in [-0.05, 0) is 69.6 Å². The van der Waals surface area contributed by atoms with Crippen LogP contribution in [0.15, 0.2) is 18.2 Å². The van der Waals surface area contributed by atoms with Crippen LogP contribution in [0.4, 0.5) is 9.59 Å². The summed E-state index contributed by atoms with van der Waals surface area (Å²) in [7, 11) is 1.61. The Hall–Kier alpha value is -4.47. The fourth-order valence-electron chi connectivity index (χ4n) is 9.10. The van der Waals surface area contributed by atoms with Gasteiger partial charge in [-0.25, -0.2) is 9.59 Å². The summed E-state index contributed by atoms with van der Waals surface area (Å²) in [6.07, 6.45) is 9.03. The third-order valence-corrected chi connectivity index (χ3v) is 16.3. The normalized spacial score (nSPS) is 20.1. The van der Waals surface area contributed by atoms with Gasteiger partial charge >= 0.3 is 12.1 Å². The van der Waals surface area contributed by atoms with Gasteiger partial charge < -0.3 is 81.6 Å². The molecule has 4 saturated heterocycles. The second-order valence-electron chi connectivity index (χ2n) is 19.3. The lowest BCUT2D eigenvalue weighted by atomic mass is 10.0. The van der Waals surface area contributed by atoms with Crippen molar-refractivity contribution >= 4 is 65.1 Å². The molecular formula is C52H86N10O13S2. The maximum Gasteiger partial charge on any atom is 0.315 e. The van der Waals surface area contributed by atoms with E-state index >= 15 is 0 Å². The van der Waals surface area contributed by atoms with Crippen molar-refractivity contribution in [3.05, 3.63) is 34.9 Å². The van der Waals surface area contributed by atoms with Gasteiger partial charge in [-0.2, -0.15) is 23.5 Å². The lowest BCUT2D eigenvalue weighted by Crippen LogP contribution is -2.36. The average molecular weight is 1120 g/mol. The number of likely N-dealkylation sites (N-methyl/N-ethyl adjacent to an activating group) is 1. The van der Waals surface area contributed by atoms with Crippen LogP contribution in [-0.2, 0) is 38.0 Å². The summed E-state index contributed by atoms with van der Waals surface area (Å²) < 4.78 is 33.7. The van der Waals surface area contributed by atoms with Crippen molar-refractivity contribution in [2.75, 3.05) is 137 Å². The van der Waals surface area contributed by atoms with Gasteiger partial charge in [-0.15, -0.1) is 0 Å². The van der Waals surface area contributed by atoms with Gasteiger partial charge in [0.1, 0.15) is 0 Å². The number of carbonyl (C=O) groups excluding carboxylic acids is 7. The van der Waals surface area contributed by atoms with Gasteiger partial charge in [0.25, 0.3) is 17.7 Å². The van der Waals surface area contributed by atoms with Crippen molar-refractivity contribution in [1.29, 1.82) is 0 Å². The average Bonchev–Trinajstić information content (AvgIpc) is 4.21. The van der Waals surface area contributed by atoms with Crippen LogP contribution in [0, 0.1) is 0 Å². The van der Waals surface area contributed by atoms with Crippen molar-refractivity contribution in [1.82, 2.24) is 47.4 Å². The highest BCUT2D eigenvalue weighted by atomic mass is 32.2.